The van der Waals surface area contributed by atoms with Crippen LogP contribution in [0.15, 0.2) is 36.8 Å². The van der Waals surface area contributed by atoms with Crippen molar-refractivity contribution in [1.29, 1.82) is 0 Å². The molecule has 9 heteroatoms. The van der Waals surface area contributed by atoms with Gasteiger partial charge in [0.1, 0.15) is 5.82 Å². The van der Waals surface area contributed by atoms with E-state index in [1.807, 2.05) is 12.3 Å². The number of carboxylic acid groups (broad SMARTS) is 1. The average Bonchev–Trinajstić information content (AvgIpc) is 3.13. The normalized spacial score (nSPS) is 14.1. The fraction of sp³-hybridized carbons (Fsp3) is 0.368. The molecule has 0 unspecified atom stereocenters. The number of pyridine rings is 1. The van der Waals surface area contributed by atoms with Gasteiger partial charge in [0.15, 0.2) is 5.65 Å². The minimum absolute atomic E-state index is 0.231. The maximum Gasteiger partial charge on any atom is 0.305 e. The first kappa shape index (κ1) is 19.7. The van der Waals surface area contributed by atoms with E-state index >= 15 is 0 Å². The molecule has 1 fully saturated rings. The van der Waals surface area contributed by atoms with E-state index in [4.69, 9.17) is 10.1 Å². The minimum Gasteiger partial charge on any atom is -0.481 e. The number of nitrogens with zero attached hydrogens (tertiary/aromatic N) is 5. The smallest absolute Gasteiger partial charge is 0.305 e. The second-order valence-corrected chi connectivity index (χ2v) is 6.71. The lowest BCUT2D eigenvalue weighted by Gasteiger charge is -2.28. The summed E-state index contributed by atoms with van der Waals surface area (Å²) in [7, 11) is 0. The van der Waals surface area contributed by atoms with Crippen molar-refractivity contribution in [3.63, 3.8) is 0 Å². The lowest BCUT2D eigenvalue weighted by Crippen LogP contribution is -2.43. The lowest BCUT2D eigenvalue weighted by molar-refractivity contribution is -0.140. The van der Waals surface area contributed by atoms with Crippen LogP contribution in [0.3, 0.4) is 0 Å². The number of aliphatic carboxylic acids is 1. The largest absolute Gasteiger partial charge is 0.481 e. The quantitative estimate of drug-likeness (QED) is 0.665. The first-order chi connectivity index (χ1) is 13.5. The number of rotatable bonds is 3. The maximum absolute atomic E-state index is 13.0. The van der Waals surface area contributed by atoms with Crippen molar-refractivity contribution >= 4 is 17.4 Å². The number of aromatic nitrogens is 4. The van der Waals surface area contributed by atoms with Gasteiger partial charge in [0.25, 0.3) is 0 Å². The minimum atomic E-state index is -0.741. The van der Waals surface area contributed by atoms with E-state index in [2.05, 4.69) is 20.3 Å². The van der Waals surface area contributed by atoms with Crippen LogP contribution in [0, 0.1) is 11.9 Å². The number of nitrogens with one attached hydrogen (secondary N) is 1. The summed E-state index contributed by atoms with van der Waals surface area (Å²) in [5, 5.41) is 15.6. The Morgan fingerprint density at radius 3 is 2.54 bits per heavy atom. The van der Waals surface area contributed by atoms with Gasteiger partial charge in [-0.05, 0) is 18.2 Å². The molecule has 0 amide bonds. The van der Waals surface area contributed by atoms with Crippen molar-refractivity contribution in [3.8, 4) is 11.1 Å². The molecule has 8 nitrogen and oxygen atoms in total. The van der Waals surface area contributed by atoms with Crippen LogP contribution in [0.4, 0.5) is 10.2 Å². The summed E-state index contributed by atoms with van der Waals surface area (Å²) >= 11 is 0. The second kappa shape index (κ2) is 8.75. The average molecular weight is 386 g/mol. The molecule has 0 bridgehead atoms. The topological polar surface area (TPSA) is 95.6 Å². The Labute approximate surface area is 162 Å². The third kappa shape index (κ3) is 4.61. The predicted octanol–water partition coefficient (Wildman–Crippen LogP) is 2.07. The highest BCUT2D eigenvalue weighted by atomic mass is 19.1. The summed E-state index contributed by atoms with van der Waals surface area (Å²) in [5.74, 6) is -0.527. The van der Waals surface area contributed by atoms with Crippen molar-refractivity contribution in [2.45, 2.75) is 13.8 Å². The number of halogens is 1. The monoisotopic (exact) mass is 386 g/mol. The number of carbonyl (C=O) groups is 1. The van der Waals surface area contributed by atoms with Gasteiger partial charge in [-0.2, -0.15) is 9.49 Å². The van der Waals surface area contributed by atoms with E-state index in [0.29, 0.717) is 0 Å². The summed E-state index contributed by atoms with van der Waals surface area (Å²) in [6, 6.07) is 5.01. The van der Waals surface area contributed by atoms with Crippen molar-refractivity contribution in [2.75, 3.05) is 31.1 Å². The van der Waals surface area contributed by atoms with Gasteiger partial charge >= 0.3 is 5.97 Å². The fourth-order valence-electron chi connectivity index (χ4n) is 2.67. The zero-order valence-corrected chi connectivity index (χ0v) is 15.8. The Hall–Kier alpha value is -3.07. The Balaban J connectivity index is 0.000000330. The van der Waals surface area contributed by atoms with Crippen molar-refractivity contribution in [3.05, 3.63) is 42.7 Å². The standard InChI is InChI=1S/C15H15FN6.C4H8O2/c16-13-2-1-11(9-18-13)12-10-19-22-6-3-14(20-15(12)22)21-7-4-17-5-8-21;1-3(2)4(5)6/h1-3,6,9-10,17H,4-5,7-8H2;3H,1-2H3,(H,5,6). The first-order valence-electron chi connectivity index (χ1n) is 9.10. The Bertz CT molecular complexity index is 935. The van der Waals surface area contributed by atoms with Crippen LogP contribution >= 0.6 is 0 Å². The molecule has 0 aromatic carbocycles. The number of anilines is 1. The number of hydrogen-bond donors (Lipinski definition) is 2. The first-order valence-corrected chi connectivity index (χ1v) is 9.10. The SMILES string of the molecule is CC(C)C(=O)O.Fc1ccc(-c2cnn3ccc(N4CCNCC4)nc23)cn1. The van der Waals surface area contributed by atoms with E-state index in [-0.39, 0.29) is 5.92 Å². The molecule has 4 rings (SSSR count). The molecule has 1 saturated heterocycles. The molecule has 28 heavy (non-hydrogen) atoms. The van der Waals surface area contributed by atoms with Crippen LogP contribution in [-0.4, -0.2) is 56.8 Å². The van der Waals surface area contributed by atoms with Gasteiger partial charge < -0.3 is 15.3 Å². The molecule has 0 atom stereocenters. The van der Waals surface area contributed by atoms with Crippen LogP contribution in [0.25, 0.3) is 16.8 Å². The highest BCUT2D eigenvalue weighted by Gasteiger charge is 2.14. The van der Waals surface area contributed by atoms with Crippen LogP contribution in [0.2, 0.25) is 0 Å². The van der Waals surface area contributed by atoms with E-state index in [9.17, 15) is 9.18 Å². The highest BCUT2D eigenvalue weighted by Crippen LogP contribution is 2.24. The Kier molecular flexibility index (Phi) is 6.15. The summed E-state index contributed by atoms with van der Waals surface area (Å²) in [5.41, 5.74) is 2.41. The van der Waals surface area contributed by atoms with E-state index in [1.165, 1.54) is 12.3 Å². The molecule has 0 spiro atoms. The van der Waals surface area contributed by atoms with Crippen LogP contribution in [0.5, 0.6) is 0 Å². The number of fused-ring (bicyclic) bond motifs is 1. The van der Waals surface area contributed by atoms with Crippen molar-refractivity contribution in [2.24, 2.45) is 5.92 Å². The van der Waals surface area contributed by atoms with Crippen LogP contribution < -0.4 is 10.2 Å². The summed E-state index contributed by atoms with van der Waals surface area (Å²) in [6.45, 7) is 7.07. The lowest BCUT2D eigenvalue weighted by atomic mass is 10.1. The molecule has 3 aromatic heterocycles. The molecule has 0 radical (unpaired) electrons. The predicted molar refractivity (Wildman–Crippen MR) is 104 cm³/mol. The van der Waals surface area contributed by atoms with Gasteiger partial charge in [-0.1, -0.05) is 13.8 Å². The van der Waals surface area contributed by atoms with Gasteiger partial charge in [0.2, 0.25) is 5.95 Å². The van der Waals surface area contributed by atoms with Crippen LogP contribution in [-0.2, 0) is 4.79 Å². The number of carboxylic acids is 1. The maximum atomic E-state index is 13.0. The molecule has 0 saturated carbocycles. The molecular formula is C19H23FN6O2. The number of hydrogen-bond acceptors (Lipinski definition) is 6. The van der Waals surface area contributed by atoms with E-state index in [1.54, 1.807) is 30.6 Å². The molecular weight excluding hydrogens is 363 g/mol. The Morgan fingerprint density at radius 1 is 1.21 bits per heavy atom. The fourth-order valence-corrected chi connectivity index (χ4v) is 2.67. The Morgan fingerprint density at radius 2 is 1.93 bits per heavy atom. The van der Waals surface area contributed by atoms with Crippen LogP contribution in [0.1, 0.15) is 13.8 Å². The van der Waals surface area contributed by atoms with Gasteiger partial charge in [-0.3, -0.25) is 4.79 Å². The molecule has 1 aliphatic heterocycles. The van der Waals surface area contributed by atoms with E-state index in [0.717, 1.165) is 48.8 Å². The van der Waals surface area contributed by atoms with Gasteiger partial charge in [-0.15, -0.1) is 0 Å². The van der Waals surface area contributed by atoms with E-state index < -0.39 is 11.9 Å². The molecule has 4 heterocycles. The second-order valence-electron chi connectivity index (χ2n) is 6.71. The molecule has 148 valence electrons. The van der Waals surface area contributed by atoms with Gasteiger partial charge in [0.05, 0.1) is 12.1 Å². The molecule has 0 aliphatic carbocycles. The molecule has 1 aliphatic rings. The van der Waals surface area contributed by atoms with Crippen molar-refractivity contribution < 1.29 is 14.3 Å². The van der Waals surface area contributed by atoms with Gasteiger partial charge in [0, 0.05) is 49.7 Å². The summed E-state index contributed by atoms with van der Waals surface area (Å²) in [4.78, 5) is 20.4. The third-order valence-corrected chi connectivity index (χ3v) is 4.33. The zero-order chi connectivity index (χ0) is 20.1. The third-order valence-electron chi connectivity index (χ3n) is 4.33. The van der Waals surface area contributed by atoms with Gasteiger partial charge in [-0.25, -0.2) is 14.5 Å². The molecule has 3 aromatic rings. The summed E-state index contributed by atoms with van der Waals surface area (Å²) < 4.78 is 14.7. The zero-order valence-electron chi connectivity index (χ0n) is 15.8. The molecule has 2 N–H and O–H groups in total. The summed E-state index contributed by atoms with van der Waals surface area (Å²) in [6.07, 6.45) is 5.14. The number of piperazine rings is 1. The van der Waals surface area contributed by atoms with Crippen molar-refractivity contribution in [1.82, 2.24) is 24.9 Å². The highest BCUT2D eigenvalue weighted by molar-refractivity contribution is 5.77.